The molecule has 2 rings (SSSR count). The molecule has 1 aliphatic carbocycles. The van der Waals surface area contributed by atoms with E-state index in [4.69, 9.17) is 9.47 Å². The van der Waals surface area contributed by atoms with E-state index < -0.39 is 6.10 Å². The molecule has 0 aromatic heterocycles. The maximum atomic E-state index is 12.1. The lowest BCUT2D eigenvalue weighted by atomic mass is 10.0. The van der Waals surface area contributed by atoms with Gasteiger partial charge in [0.15, 0.2) is 6.10 Å². The first kappa shape index (κ1) is 16.3. The summed E-state index contributed by atoms with van der Waals surface area (Å²) < 4.78 is 10.4. The monoisotopic (exact) mass is 305 g/mol. The topological polar surface area (TPSA) is 64.6 Å². The van der Waals surface area contributed by atoms with Crippen LogP contribution in [-0.4, -0.2) is 25.1 Å². The first-order chi connectivity index (χ1) is 10.6. The SMILES string of the molecule is COc1ccccc1NC(=O)[C@H](C)OC(=O)CC1CCCC1. The number of carbonyl (C=O) groups is 2. The molecule has 5 nitrogen and oxygen atoms in total. The van der Waals surface area contributed by atoms with Gasteiger partial charge in [-0.25, -0.2) is 0 Å². The van der Waals surface area contributed by atoms with E-state index in [1.807, 2.05) is 6.07 Å². The molecular formula is C17H23NO4. The third-order valence-corrected chi connectivity index (χ3v) is 3.97. The predicted octanol–water partition coefficient (Wildman–Crippen LogP) is 3.15. The van der Waals surface area contributed by atoms with Crippen LogP contribution in [-0.2, 0) is 14.3 Å². The fourth-order valence-electron chi connectivity index (χ4n) is 2.73. The van der Waals surface area contributed by atoms with Gasteiger partial charge in [-0.2, -0.15) is 0 Å². The molecule has 0 saturated heterocycles. The van der Waals surface area contributed by atoms with Crippen LogP contribution in [0.4, 0.5) is 5.69 Å². The number of methoxy groups -OCH3 is 1. The lowest BCUT2D eigenvalue weighted by Crippen LogP contribution is -2.30. The summed E-state index contributed by atoms with van der Waals surface area (Å²) in [5.74, 6) is 0.330. The second-order valence-corrected chi connectivity index (χ2v) is 5.68. The molecule has 1 N–H and O–H groups in total. The highest BCUT2D eigenvalue weighted by Crippen LogP contribution is 2.28. The molecule has 5 heteroatoms. The highest BCUT2D eigenvalue weighted by atomic mass is 16.5. The first-order valence-electron chi connectivity index (χ1n) is 7.73. The maximum Gasteiger partial charge on any atom is 0.306 e. The fourth-order valence-corrected chi connectivity index (χ4v) is 2.73. The van der Waals surface area contributed by atoms with Crippen LogP contribution in [0.3, 0.4) is 0 Å². The summed E-state index contributed by atoms with van der Waals surface area (Å²) in [6.07, 6.45) is 4.11. The molecule has 22 heavy (non-hydrogen) atoms. The number of ether oxygens (including phenoxy) is 2. The van der Waals surface area contributed by atoms with E-state index in [0.717, 1.165) is 12.8 Å². The van der Waals surface area contributed by atoms with Crippen molar-refractivity contribution in [2.24, 2.45) is 5.92 Å². The summed E-state index contributed by atoms with van der Waals surface area (Å²) in [6.45, 7) is 1.58. The van der Waals surface area contributed by atoms with Crippen molar-refractivity contribution in [2.75, 3.05) is 12.4 Å². The molecule has 1 atom stereocenters. The number of hydrogen-bond donors (Lipinski definition) is 1. The zero-order chi connectivity index (χ0) is 15.9. The number of para-hydroxylation sites is 2. The zero-order valence-electron chi connectivity index (χ0n) is 13.1. The van der Waals surface area contributed by atoms with E-state index in [2.05, 4.69) is 5.32 Å². The van der Waals surface area contributed by atoms with Crippen molar-refractivity contribution in [1.82, 2.24) is 0 Å². The molecule has 1 fully saturated rings. The number of rotatable bonds is 6. The summed E-state index contributed by atoms with van der Waals surface area (Å²) in [5.41, 5.74) is 0.564. The van der Waals surface area contributed by atoms with Gasteiger partial charge in [0.2, 0.25) is 0 Å². The molecule has 120 valence electrons. The summed E-state index contributed by atoms with van der Waals surface area (Å²) in [6, 6.07) is 7.12. The van der Waals surface area contributed by atoms with Crippen LogP contribution in [0.1, 0.15) is 39.0 Å². The van der Waals surface area contributed by atoms with E-state index in [9.17, 15) is 9.59 Å². The van der Waals surface area contributed by atoms with E-state index in [-0.39, 0.29) is 11.9 Å². The van der Waals surface area contributed by atoms with Gasteiger partial charge < -0.3 is 14.8 Å². The Morgan fingerprint density at radius 3 is 2.64 bits per heavy atom. The Kier molecular flexibility index (Phi) is 5.81. The van der Waals surface area contributed by atoms with Gasteiger partial charge in [-0.3, -0.25) is 9.59 Å². The van der Waals surface area contributed by atoms with E-state index in [1.54, 1.807) is 25.1 Å². The summed E-state index contributed by atoms with van der Waals surface area (Å²) in [4.78, 5) is 24.0. The quantitative estimate of drug-likeness (QED) is 0.820. The van der Waals surface area contributed by atoms with Crippen molar-refractivity contribution in [1.29, 1.82) is 0 Å². The lowest BCUT2D eigenvalue weighted by molar-refractivity contribution is -0.154. The minimum absolute atomic E-state index is 0.297. The lowest BCUT2D eigenvalue weighted by Gasteiger charge is -2.16. The van der Waals surface area contributed by atoms with Crippen molar-refractivity contribution < 1.29 is 19.1 Å². The van der Waals surface area contributed by atoms with Crippen LogP contribution < -0.4 is 10.1 Å². The Bertz CT molecular complexity index is 523. The number of nitrogens with one attached hydrogen (secondary N) is 1. The van der Waals surface area contributed by atoms with Crippen LogP contribution in [0.25, 0.3) is 0 Å². The van der Waals surface area contributed by atoms with Crippen molar-refractivity contribution in [3.8, 4) is 5.75 Å². The van der Waals surface area contributed by atoms with Crippen molar-refractivity contribution >= 4 is 17.6 Å². The molecule has 1 amide bonds. The van der Waals surface area contributed by atoms with Gasteiger partial charge >= 0.3 is 5.97 Å². The minimum atomic E-state index is -0.821. The average molecular weight is 305 g/mol. The molecule has 1 aliphatic rings. The second-order valence-electron chi connectivity index (χ2n) is 5.68. The second kappa shape index (κ2) is 7.82. The van der Waals surface area contributed by atoms with E-state index in [1.165, 1.54) is 20.0 Å². The van der Waals surface area contributed by atoms with Crippen LogP contribution >= 0.6 is 0 Å². The third-order valence-electron chi connectivity index (χ3n) is 3.97. The van der Waals surface area contributed by atoms with Crippen LogP contribution in [0.15, 0.2) is 24.3 Å². The molecular weight excluding hydrogens is 282 g/mol. The van der Waals surface area contributed by atoms with Gasteiger partial charge in [-0.15, -0.1) is 0 Å². The van der Waals surface area contributed by atoms with Crippen molar-refractivity contribution in [2.45, 2.75) is 45.1 Å². The summed E-state index contributed by atoms with van der Waals surface area (Å²) >= 11 is 0. The molecule has 0 bridgehead atoms. The number of hydrogen-bond acceptors (Lipinski definition) is 4. The Labute approximate surface area is 131 Å². The number of anilines is 1. The predicted molar refractivity (Wildman–Crippen MR) is 83.8 cm³/mol. The van der Waals surface area contributed by atoms with Gasteiger partial charge in [-0.05, 0) is 37.8 Å². The summed E-state index contributed by atoms with van der Waals surface area (Å²) in [7, 11) is 1.54. The van der Waals surface area contributed by atoms with E-state index >= 15 is 0 Å². The van der Waals surface area contributed by atoms with Gasteiger partial charge in [-0.1, -0.05) is 25.0 Å². The normalized spacial score (nSPS) is 16.1. The molecule has 1 saturated carbocycles. The van der Waals surface area contributed by atoms with Gasteiger partial charge in [0.25, 0.3) is 5.91 Å². The molecule has 0 unspecified atom stereocenters. The highest BCUT2D eigenvalue weighted by Gasteiger charge is 2.23. The Hall–Kier alpha value is -2.04. The summed E-state index contributed by atoms with van der Waals surface area (Å²) in [5, 5.41) is 2.72. The Balaban J connectivity index is 1.84. The molecule has 1 aromatic carbocycles. The Morgan fingerprint density at radius 1 is 1.27 bits per heavy atom. The number of amides is 1. The number of carbonyl (C=O) groups excluding carboxylic acids is 2. The molecule has 0 radical (unpaired) electrons. The molecule has 1 aromatic rings. The van der Waals surface area contributed by atoms with Crippen molar-refractivity contribution in [3.05, 3.63) is 24.3 Å². The Morgan fingerprint density at radius 2 is 1.95 bits per heavy atom. The standard InChI is InChI=1S/C17H23NO4/c1-12(22-16(19)11-13-7-3-4-8-13)17(20)18-14-9-5-6-10-15(14)21-2/h5-6,9-10,12-13H,3-4,7-8,11H2,1-2H3,(H,18,20)/t12-/m0/s1. The average Bonchev–Trinajstić information content (AvgIpc) is 3.00. The molecule has 0 heterocycles. The first-order valence-corrected chi connectivity index (χ1v) is 7.73. The number of esters is 1. The van der Waals surface area contributed by atoms with Gasteiger partial charge in [0, 0.05) is 6.42 Å². The molecule has 0 aliphatic heterocycles. The zero-order valence-corrected chi connectivity index (χ0v) is 13.1. The largest absolute Gasteiger partial charge is 0.495 e. The van der Waals surface area contributed by atoms with Crippen LogP contribution in [0.2, 0.25) is 0 Å². The fraction of sp³-hybridized carbons (Fsp3) is 0.529. The minimum Gasteiger partial charge on any atom is -0.495 e. The van der Waals surface area contributed by atoms with Crippen LogP contribution in [0.5, 0.6) is 5.75 Å². The third kappa shape index (κ3) is 4.48. The van der Waals surface area contributed by atoms with Gasteiger partial charge in [0.05, 0.1) is 12.8 Å². The van der Waals surface area contributed by atoms with Crippen LogP contribution in [0, 0.1) is 5.92 Å². The smallest absolute Gasteiger partial charge is 0.306 e. The van der Waals surface area contributed by atoms with Crippen molar-refractivity contribution in [3.63, 3.8) is 0 Å². The molecule has 0 spiro atoms. The maximum absolute atomic E-state index is 12.1. The number of benzene rings is 1. The van der Waals surface area contributed by atoms with Gasteiger partial charge in [0.1, 0.15) is 5.75 Å². The highest BCUT2D eigenvalue weighted by molar-refractivity contribution is 5.96. The van der Waals surface area contributed by atoms with E-state index in [0.29, 0.717) is 23.8 Å².